The summed E-state index contributed by atoms with van der Waals surface area (Å²) < 4.78 is 12.8. The number of aromatic nitrogens is 1. The van der Waals surface area contributed by atoms with E-state index in [1.807, 2.05) is 38.1 Å². The first-order valence-corrected chi connectivity index (χ1v) is 12.4. The molecular weight excluding hydrogens is 456 g/mol. The van der Waals surface area contributed by atoms with Crippen LogP contribution < -0.4 is 5.32 Å². The van der Waals surface area contributed by atoms with Crippen LogP contribution in [0.15, 0.2) is 42.6 Å². The summed E-state index contributed by atoms with van der Waals surface area (Å²) in [5, 5.41) is 3.63. The van der Waals surface area contributed by atoms with E-state index in [1.54, 1.807) is 18.3 Å². The van der Waals surface area contributed by atoms with Gasteiger partial charge in [-0.05, 0) is 75.3 Å². The number of nitrogens with one attached hydrogen (secondary N) is 1. The fraction of sp³-hybridized carbons (Fsp3) is 0.538. The minimum atomic E-state index is -1.14. The van der Waals surface area contributed by atoms with Crippen molar-refractivity contribution in [2.45, 2.75) is 69.7 Å². The van der Waals surface area contributed by atoms with Gasteiger partial charge in [0, 0.05) is 29.8 Å². The monoisotopic (exact) mass is 484 g/mol. The number of pyridine rings is 1. The highest BCUT2D eigenvalue weighted by molar-refractivity contribution is 6.33. The summed E-state index contributed by atoms with van der Waals surface area (Å²) >= 11 is 6.43. The highest BCUT2D eigenvalue weighted by atomic mass is 35.5. The van der Waals surface area contributed by atoms with Crippen molar-refractivity contribution in [3.05, 3.63) is 47.6 Å². The molecule has 7 nitrogen and oxygen atoms in total. The summed E-state index contributed by atoms with van der Waals surface area (Å²) in [6.07, 6.45) is 4.50. The fourth-order valence-corrected chi connectivity index (χ4v) is 6.71. The standard InChI is InChI=1S/C26H29ClN2O5/c1-15-7-10-21-25(3,32-23-26(21)18(15)11-12-24(2,31-23)33-34-26)22(30)29-16-8-9-19(27)17(14-16)20-6-4-5-13-28-20/h4-6,8-9,13-15,18,21,23H,7,10-12H2,1-3H3,(H,29,30)/t15-,18+,21+,23?,24-,25+,26-/m1/s1. The van der Waals surface area contributed by atoms with Crippen LogP contribution in [0.25, 0.3) is 11.3 Å². The number of amides is 1. The second-order valence-corrected chi connectivity index (χ2v) is 10.9. The number of rotatable bonds is 3. The lowest BCUT2D eigenvalue weighted by atomic mass is 9.59. The second kappa shape index (κ2) is 7.73. The Hall–Kier alpha value is -2.03. The molecule has 1 aliphatic carbocycles. The van der Waals surface area contributed by atoms with Crippen LogP contribution in [0, 0.1) is 17.8 Å². The molecule has 4 aliphatic heterocycles. The van der Waals surface area contributed by atoms with Gasteiger partial charge in [-0.15, -0.1) is 0 Å². The zero-order chi connectivity index (χ0) is 23.7. The van der Waals surface area contributed by atoms with Crippen molar-refractivity contribution < 1.29 is 24.0 Å². The Balaban J connectivity index is 1.33. The van der Waals surface area contributed by atoms with Gasteiger partial charge in [0.1, 0.15) is 0 Å². The maximum atomic E-state index is 13.8. The van der Waals surface area contributed by atoms with E-state index in [1.165, 1.54) is 0 Å². The molecule has 1 aromatic carbocycles. The molecule has 8 heteroatoms. The molecular formula is C26H29ClN2O5. The fourth-order valence-electron chi connectivity index (χ4n) is 6.50. The molecule has 4 saturated heterocycles. The van der Waals surface area contributed by atoms with Crippen LogP contribution in [-0.2, 0) is 24.0 Å². The van der Waals surface area contributed by atoms with Crippen molar-refractivity contribution in [2.75, 3.05) is 5.32 Å². The molecule has 5 aliphatic rings. The topological polar surface area (TPSA) is 78.9 Å². The summed E-state index contributed by atoms with van der Waals surface area (Å²) in [5.74, 6) is -0.675. The predicted octanol–water partition coefficient (Wildman–Crippen LogP) is 5.35. The summed E-state index contributed by atoms with van der Waals surface area (Å²) in [6.45, 7) is 5.98. The molecule has 2 aromatic rings. The van der Waals surface area contributed by atoms with Gasteiger partial charge < -0.3 is 14.8 Å². The maximum Gasteiger partial charge on any atom is 0.256 e. The number of nitrogens with zero attached hydrogens (tertiary/aromatic N) is 1. The Morgan fingerprint density at radius 2 is 1.97 bits per heavy atom. The zero-order valence-corrected chi connectivity index (χ0v) is 20.3. The Morgan fingerprint density at radius 1 is 1.12 bits per heavy atom. The highest BCUT2D eigenvalue weighted by Crippen LogP contribution is 2.63. The van der Waals surface area contributed by atoms with Gasteiger partial charge in [-0.1, -0.05) is 24.6 Å². The number of carbonyl (C=O) groups is 1. The molecule has 1 aromatic heterocycles. The molecule has 7 atom stereocenters. The van der Waals surface area contributed by atoms with Crippen LogP contribution in [0.5, 0.6) is 0 Å². The van der Waals surface area contributed by atoms with E-state index in [4.69, 9.17) is 30.8 Å². The average Bonchev–Trinajstić information content (AvgIpc) is 2.91. The number of benzene rings is 1. The molecule has 1 saturated carbocycles. The van der Waals surface area contributed by atoms with Crippen LogP contribution >= 0.6 is 11.6 Å². The average molecular weight is 485 g/mol. The van der Waals surface area contributed by atoms with Crippen LogP contribution in [-0.4, -0.2) is 34.2 Å². The van der Waals surface area contributed by atoms with Gasteiger partial charge in [0.05, 0.1) is 10.7 Å². The third-order valence-corrected chi connectivity index (χ3v) is 8.68. The lowest BCUT2D eigenvalue weighted by Crippen LogP contribution is -2.62. The van der Waals surface area contributed by atoms with Gasteiger partial charge in [-0.25, -0.2) is 9.78 Å². The van der Waals surface area contributed by atoms with Gasteiger partial charge in [-0.3, -0.25) is 9.78 Å². The van der Waals surface area contributed by atoms with Crippen LogP contribution in [0.4, 0.5) is 5.69 Å². The van der Waals surface area contributed by atoms with Crippen molar-refractivity contribution in [1.82, 2.24) is 4.98 Å². The molecule has 0 radical (unpaired) electrons. The zero-order valence-electron chi connectivity index (χ0n) is 19.5. The van der Waals surface area contributed by atoms with Crippen molar-refractivity contribution in [3.8, 4) is 11.3 Å². The van der Waals surface area contributed by atoms with E-state index < -0.39 is 23.3 Å². The van der Waals surface area contributed by atoms with Crippen molar-refractivity contribution in [1.29, 1.82) is 0 Å². The molecule has 7 rings (SSSR count). The van der Waals surface area contributed by atoms with Crippen LogP contribution in [0.1, 0.15) is 46.5 Å². The maximum absolute atomic E-state index is 13.8. The minimum Gasteiger partial charge on any atom is -0.333 e. The predicted molar refractivity (Wildman–Crippen MR) is 126 cm³/mol. The second-order valence-electron chi connectivity index (χ2n) is 10.4. The summed E-state index contributed by atoms with van der Waals surface area (Å²) in [4.78, 5) is 30.2. The lowest BCUT2D eigenvalue weighted by Gasteiger charge is -2.50. The molecule has 34 heavy (non-hydrogen) atoms. The van der Waals surface area contributed by atoms with E-state index in [0.29, 0.717) is 16.6 Å². The van der Waals surface area contributed by atoms with E-state index in [-0.39, 0.29) is 17.7 Å². The Labute approximate surface area is 204 Å². The third kappa shape index (κ3) is 3.18. The molecule has 5 heterocycles. The van der Waals surface area contributed by atoms with Crippen LogP contribution in [0.2, 0.25) is 5.02 Å². The lowest BCUT2D eigenvalue weighted by molar-refractivity contribution is -0.541. The highest BCUT2D eigenvalue weighted by Gasteiger charge is 2.75. The Kier molecular flexibility index (Phi) is 5.10. The van der Waals surface area contributed by atoms with Gasteiger partial charge in [0.2, 0.25) is 5.79 Å². The Morgan fingerprint density at radius 3 is 2.76 bits per heavy atom. The molecule has 5 fully saturated rings. The molecule has 1 spiro atoms. The van der Waals surface area contributed by atoms with E-state index in [0.717, 1.165) is 36.9 Å². The Bertz CT molecular complexity index is 1130. The number of halogens is 1. The normalized spacial score (nSPS) is 40.5. The van der Waals surface area contributed by atoms with Crippen molar-refractivity contribution >= 4 is 23.2 Å². The van der Waals surface area contributed by atoms with E-state index in [2.05, 4.69) is 17.2 Å². The number of hydrogen-bond acceptors (Lipinski definition) is 6. The summed E-state index contributed by atoms with van der Waals surface area (Å²) in [6, 6.07) is 11.0. The van der Waals surface area contributed by atoms with Gasteiger partial charge >= 0.3 is 0 Å². The van der Waals surface area contributed by atoms with E-state index in [9.17, 15) is 4.79 Å². The first-order chi connectivity index (χ1) is 16.3. The third-order valence-electron chi connectivity index (χ3n) is 8.35. The van der Waals surface area contributed by atoms with Gasteiger partial charge in [0.25, 0.3) is 5.91 Å². The summed E-state index contributed by atoms with van der Waals surface area (Å²) in [5.41, 5.74) is 0.180. The number of ether oxygens (including phenoxy) is 2. The quantitative estimate of drug-likeness (QED) is 0.592. The number of fused-ring (bicyclic) bond motifs is 2. The largest absolute Gasteiger partial charge is 0.333 e. The first-order valence-electron chi connectivity index (χ1n) is 12.0. The van der Waals surface area contributed by atoms with Crippen molar-refractivity contribution in [2.24, 2.45) is 17.8 Å². The summed E-state index contributed by atoms with van der Waals surface area (Å²) in [7, 11) is 0. The molecule has 180 valence electrons. The van der Waals surface area contributed by atoms with Crippen molar-refractivity contribution in [3.63, 3.8) is 0 Å². The van der Waals surface area contributed by atoms with Gasteiger partial charge in [0.15, 0.2) is 17.5 Å². The van der Waals surface area contributed by atoms with Crippen LogP contribution in [0.3, 0.4) is 0 Å². The molecule has 1 amide bonds. The minimum absolute atomic E-state index is 0.196. The number of anilines is 1. The molecule has 1 N–H and O–H groups in total. The first kappa shape index (κ1) is 22.4. The molecule has 1 unspecified atom stereocenters. The number of carbonyl (C=O) groups excluding carboxylic acids is 1. The smallest absolute Gasteiger partial charge is 0.256 e. The van der Waals surface area contributed by atoms with Gasteiger partial charge in [-0.2, -0.15) is 0 Å². The molecule has 2 bridgehead atoms. The number of hydrogen-bond donors (Lipinski definition) is 1. The SMILES string of the molecule is C[C@@H]1CC[C@@H]2[C@]34OO[C@](C)(CC[C@@H]13)OC4O[C@]2(C)C(=O)Nc1ccc(Cl)c(-c2ccccn2)c1. The van der Waals surface area contributed by atoms with E-state index >= 15 is 0 Å².